The van der Waals surface area contributed by atoms with Crippen LogP contribution >= 0.6 is 0 Å². The molecule has 28 heavy (non-hydrogen) atoms. The maximum atomic E-state index is 12.5. The number of carbonyl (C=O) groups excluding carboxylic acids is 2. The fourth-order valence-electron chi connectivity index (χ4n) is 3.13. The lowest BCUT2D eigenvalue weighted by molar-refractivity contribution is 0.0526. The molecule has 1 heterocycles. The van der Waals surface area contributed by atoms with Crippen molar-refractivity contribution in [1.82, 2.24) is 4.98 Å². The molecule has 3 aromatic rings. The molecule has 0 aliphatic carbocycles. The summed E-state index contributed by atoms with van der Waals surface area (Å²) in [6.45, 7) is 6.01. The van der Waals surface area contributed by atoms with Crippen molar-refractivity contribution in [2.75, 3.05) is 19.0 Å². The van der Waals surface area contributed by atoms with Crippen LogP contribution in [0.15, 0.2) is 42.6 Å². The van der Waals surface area contributed by atoms with Gasteiger partial charge in [-0.2, -0.15) is 0 Å². The summed E-state index contributed by atoms with van der Waals surface area (Å²) in [5, 5.41) is 3.96. The van der Waals surface area contributed by atoms with Crippen LogP contribution in [0.4, 0.5) is 11.4 Å². The van der Waals surface area contributed by atoms with Crippen molar-refractivity contribution >= 4 is 34.2 Å². The van der Waals surface area contributed by atoms with E-state index in [1.165, 1.54) is 13.3 Å². The third-order valence-corrected chi connectivity index (χ3v) is 4.28. The Labute approximate surface area is 163 Å². The second-order valence-corrected chi connectivity index (χ2v) is 6.49. The van der Waals surface area contributed by atoms with Gasteiger partial charge in [0.2, 0.25) is 0 Å². The van der Waals surface area contributed by atoms with E-state index in [1.807, 2.05) is 26.0 Å². The molecule has 1 aromatic heterocycles. The van der Waals surface area contributed by atoms with E-state index < -0.39 is 11.9 Å². The molecule has 3 rings (SSSR count). The summed E-state index contributed by atoms with van der Waals surface area (Å²) in [7, 11) is 1.33. The quantitative estimate of drug-likeness (QED) is 0.656. The van der Waals surface area contributed by atoms with Gasteiger partial charge < -0.3 is 14.8 Å². The van der Waals surface area contributed by atoms with E-state index in [0.717, 1.165) is 16.8 Å². The smallest absolute Gasteiger partial charge is 0.341 e. The van der Waals surface area contributed by atoms with Gasteiger partial charge in [-0.05, 0) is 62.2 Å². The number of carbonyl (C=O) groups is 2. The zero-order valence-electron chi connectivity index (χ0n) is 16.3. The molecule has 0 bridgehead atoms. The molecule has 0 aliphatic heterocycles. The van der Waals surface area contributed by atoms with E-state index in [0.29, 0.717) is 27.7 Å². The van der Waals surface area contributed by atoms with Gasteiger partial charge >= 0.3 is 11.9 Å². The predicted molar refractivity (Wildman–Crippen MR) is 108 cm³/mol. The minimum absolute atomic E-state index is 0.252. The molecule has 0 radical (unpaired) electrons. The molecule has 6 heteroatoms. The van der Waals surface area contributed by atoms with Crippen LogP contribution < -0.4 is 5.32 Å². The molecule has 0 unspecified atom stereocenters. The van der Waals surface area contributed by atoms with Gasteiger partial charge in [-0.25, -0.2) is 9.59 Å². The van der Waals surface area contributed by atoms with E-state index in [2.05, 4.69) is 16.4 Å². The molecule has 0 spiro atoms. The summed E-state index contributed by atoms with van der Waals surface area (Å²) in [6, 6.07) is 11.1. The number of esters is 2. The summed E-state index contributed by atoms with van der Waals surface area (Å²) in [5.74, 6) is -0.937. The molecular weight excluding hydrogens is 356 g/mol. The fraction of sp³-hybridized carbons (Fsp3) is 0.227. The topological polar surface area (TPSA) is 77.5 Å². The number of ether oxygens (including phenoxy) is 2. The molecule has 0 fully saturated rings. The van der Waals surface area contributed by atoms with Crippen molar-refractivity contribution in [3.8, 4) is 0 Å². The molecule has 0 aliphatic rings. The number of benzene rings is 2. The maximum absolute atomic E-state index is 12.5. The lowest BCUT2D eigenvalue weighted by Gasteiger charge is -2.15. The zero-order chi connectivity index (χ0) is 20.3. The Morgan fingerprint density at radius 1 is 1.04 bits per heavy atom. The number of hydrogen-bond acceptors (Lipinski definition) is 6. The van der Waals surface area contributed by atoms with Crippen molar-refractivity contribution in [2.24, 2.45) is 0 Å². The molecule has 0 saturated carbocycles. The van der Waals surface area contributed by atoms with Crippen molar-refractivity contribution < 1.29 is 19.1 Å². The first-order valence-electron chi connectivity index (χ1n) is 8.96. The number of fused-ring (bicyclic) bond motifs is 1. The number of pyridine rings is 1. The highest BCUT2D eigenvalue weighted by molar-refractivity contribution is 6.07. The van der Waals surface area contributed by atoms with Crippen molar-refractivity contribution in [3.05, 3.63) is 64.8 Å². The average molecular weight is 378 g/mol. The molecule has 0 amide bonds. The van der Waals surface area contributed by atoms with Gasteiger partial charge in [0, 0.05) is 17.3 Å². The number of aromatic nitrogens is 1. The van der Waals surface area contributed by atoms with Gasteiger partial charge in [-0.3, -0.25) is 4.98 Å². The van der Waals surface area contributed by atoms with Crippen molar-refractivity contribution in [3.63, 3.8) is 0 Å². The van der Waals surface area contributed by atoms with Gasteiger partial charge in [0.25, 0.3) is 0 Å². The van der Waals surface area contributed by atoms with Gasteiger partial charge in [-0.1, -0.05) is 6.07 Å². The summed E-state index contributed by atoms with van der Waals surface area (Å²) in [5.41, 5.74) is 4.88. The number of rotatable bonds is 5. The maximum Gasteiger partial charge on any atom is 0.341 e. The number of nitrogens with zero attached hydrogens (tertiary/aromatic N) is 1. The van der Waals surface area contributed by atoms with Crippen LogP contribution in [-0.4, -0.2) is 30.6 Å². The van der Waals surface area contributed by atoms with Gasteiger partial charge in [-0.15, -0.1) is 0 Å². The van der Waals surface area contributed by atoms with E-state index in [-0.39, 0.29) is 6.61 Å². The first-order valence-corrected chi connectivity index (χ1v) is 8.96. The van der Waals surface area contributed by atoms with Crippen LogP contribution in [0.25, 0.3) is 10.9 Å². The number of hydrogen-bond donors (Lipinski definition) is 1. The minimum Gasteiger partial charge on any atom is -0.465 e. The first-order chi connectivity index (χ1) is 13.4. The molecule has 6 nitrogen and oxygen atoms in total. The lowest BCUT2D eigenvalue weighted by atomic mass is 10.0. The Kier molecular flexibility index (Phi) is 5.59. The standard InChI is InChI=1S/C22H22N2O4/c1-5-28-22(26)18-12-23-19-7-6-15(21(25)27-4)11-17(19)20(18)24-16-9-13(2)8-14(3)10-16/h6-12H,5H2,1-4H3,(H,23,24). The lowest BCUT2D eigenvalue weighted by Crippen LogP contribution is -2.10. The van der Waals surface area contributed by atoms with Crippen LogP contribution in [0.2, 0.25) is 0 Å². The second kappa shape index (κ2) is 8.08. The number of methoxy groups -OCH3 is 1. The highest BCUT2D eigenvalue weighted by Gasteiger charge is 2.18. The summed E-state index contributed by atoms with van der Waals surface area (Å²) in [4.78, 5) is 28.9. The molecule has 1 N–H and O–H groups in total. The van der Waals surface area contributed by atoms with Crippen LogP contribution in [0.3, 0.4) is 0 Å². The monoisotopic (exact) mass is 378 g/mol. The van der Waals surface area contributed by atoms with Gasteiger partial charge in [0.15, 0.2) is 0 Å². The molecule has 144 valence electrons. The van der Waals surface area contributed by atoms with Gasteiger partial charge in [0.05, 0.1) is 30.5 Å². The zero-order valence-corrected chi connectivity index (χ0v) is 16.3. The average Bonchev–Trinajstić information content (AvgIpc) is 2.66. The Morgan fingerprint density at radius 3 is 2.39 bits per heavy atom. The largest absolute Gasteiger partial charge is 0.465 e. The van der Waals surface area contributed by atoms with E-state index >= 15 is 0 Å². The van der Waals surface area contributed by atoms with Gasteiger partial charge in [0.1, 0.15) is 5.56 Å². The third-order valence-electron chi connectivity index (χ3n) is 4.28. The second-order valence-electron chi connectivity index (χ2n) is 6.49. The number of anilines is 2. The Balaban J connectivity index is 2.22. The molecule has 0 saturated heterocycles. The van der Waals surface area contributed by atoms with Crippen molar-refractivity contribution in [2.45, 2.75) is 20.8 Å². The SMILES string of the molecule is CCOC(=O)c1cnc2ccc(C(=O)OC)cc2c1Nc1cc(C)cc(C)c1. The van der Waals surface area contributed by atoms with Crippen molar-refractivity contribution in [1.29, 1.82) is 0 Å². The molecule has 2 aromatic carbocycles. The Hall–Kier alpha value is -3.41. The molecular formula is C22H22N2O4. The summed E-state index contributed by atoms with van der Waals surface area (Å²) in [6.07, 6.45) is 1.49. The van der Waals surface area contributed by atoms with E-state index in [9.17, 15) is 9.59 Å². The van der Waals surface area contributed by atoms with E-state index in [1.54, 1.807) is 25.1 Å². The first kappa shape index (κ1) is 19.4. The minimum atomic E-state index is -0.479. The summed E-state index contributed by atoms with van der Waals surface area (Å²) >= 11 is 0. The fourth-order valence-corrected chi connectivity index (χ4v) is 3.13. The van der Waals surface area contributed by atoms with E-state index in [4.69, 9.17) is 9.47 Å². The Bertz CT molecular complexity index is 1040. The molecule has 0 atom stereocenters. The Morgan fingerprint density at radius 2 is 1.75 bits per heavy atom. The predicted octanol–water partition coefficient (Wildman–Crippen LogP) is 4.56. The number of nitrogens with one attached hydrogen (secondary N) is 1. The van der Waals surface area contributed by atoms with Crippen LogP contribution in [-0.2, 0) is 9.47 Å². The van der Waals surface area contributed by atoms with Crippen LogP contribution in [0, 0.1) is 13.8 Å². The van der Waals surface area contributed by atoms with Crippen LogP contribution in [0.1, 0.15) is 38.8 Å². The highest BCUT2D eigenvalue weighted by Crippen LogP contribution is 2.31. The summed E-state index contributed by atoms with van der Waals surface area (Å²) < 4.78 is 10.0. The normalized spacial score (nSPS) is 10.6. The number of aryl methyl sites for hydroxylation is 2. The third kappa shape index (κ3) is 3.96. The van der Waals surface area contributed by atoms with Crippen LogP contribution in [0.5, 0.6) is 0 Å². The highest BCUT2D eigenvalue weighted by atomic mass is 16.5.